The van der Waals surface area contributed by atoms with Crippen LogP contribution in [0, 0.1) is 0 Å². The SMILES string of the molecule is CN(c1ncncc1Br)C(C)(C)C(=O)O. The van der Waals surface area contributed by atoms with E-state index in [1.165, 1.54) is 6.33 Å². The summed E-state index contributed by atoms with van der Waals surface area (Å²) in [6.45, 7) is 3.23. The van der Waals surface area contributed by atoms with E-state index in [4.69, 9.17) is 5.11 Å². The summed E-state index contributed by atoms with van der Waals surface area (Å²) in [5.41, 5.74) is -1.02. The van der Waals surface area contributed by atoms with E-state index in [9.17, 15) is 4.79 Å². The minimum atomic E-state index is -1.02. The first-order valence-electron chi connectivity index (χ1n) is 4.30. The Labute approximate surface area is 96.3 Å². The number of aliphatic carboxylic acids is 1. The van der Waals surface area contributed by atoms with Crippen molar-refractivity contribution in [3.63, 3.8) is 0 Å². The van der Waals surface area contributed by atoms with Crippen LogP contribution in [0.5, 0.6) is 0 Å². The van der Waals surface area contributed by atoms with Crippen LogP contribution in [0.1, 0.15) is 13.8 Å². The molecule has 0 amide bonds. The largest absolute Gasteiger partial charge is 0.480 e. The molecule has 0 bridgehead atoms. The highest BCUT2D eigenvalue weighted by Crippen LogP contribution is 2.26. The summed E-state index contributed by atoms with van der Waals surface area (Å²) in [6, 6.07) is 0. The predicted molar refractivity (Wildman–Crippen MR) is 59.8 cm³/mol. The molecule has 0 atom stereocenters. The number of halogens is 1. The molecule has 0 radical (unpaired) electrons. The molecule has 5 nitrogen and oxygen atoms in total. The fourth-order valence-electron chi connectivity index (χ4n) is 0.961. The second-order valence-corrected chi connectivity index (χ2v) is 4.47. The zero-order valence-electron chi connectivity index (χ0n) is 8.73. The lowest BCUT2D eigenvalue weighted by atomic mass is 10.0. The van der Waals surface area contributed by atoms with E-state index in [1.807, 2.05) is 0 Å². The number of carbonyl (C=O) groups is 1. The van der Waals surface area contributed by atoms with E-state index in [1.54, 1.807) is 32.0 Å². The third-order valence-corrected chi connectivity index (χ3v) is 2.89. The lowest BCUT2D eigenvalue weighted by Gasteiger charge is -2.32. The molecule has 0 aliphatic carbocycles. The van der Waals surface area contributed by atoms with E-state index < -0.39 is 11.5 Å². The monoisotopic (exact) mass is 273 g/mol. The number of aromatic nitrogens is 2. The molecule has 15 heavy (non-hydrogen) atoms. The van der Waals surface area contributed by atoms with Gasteiger partial charge in [0.15, 0.2) is 0 Å². The van der Waals surface area contributed by atoms with Crippen LogP contribution >= 0.6 is 15.9 Å². The second kappa shape index (κ2) is 4.14. The molecule has 0 fully saturated rings. The predicted octanol–water partition coefficient (Wildman–Crippen LogP) is 1.54. The van der Waals surface area contributed by atoms with Crippen molar-refractivity contribution in [3.05, 3.63) is 17.0 Å². The summed E-state index contributed by atoms with van der Waals surface area (Å²) < 4.78 is 0.668. The maximum atomic E-state index is 11.0. The number of hydrogen-bond acceptors (Lipinski definition) is 4. The van der Waals surface area contributed by atoms with Crippen molar-refractivity contribution in [1.82, 2.24) is 9.97 Å². The first kappa shape index (κ1) is 11.9. The number of carboxylic acids is 1. The number of nitrogens with zero attached hydrogens (tertiary/aromatic N) is 3. The van der Waals surface area contributed by atoms with E-state index >= 15 is 0 Å². The van der Waals surface area contributed by atoms with Gasteiger partial charge in [-0.25, -0.2) is 14.8 Å². The average molecular weight is 274 g/mol. The van der Waals surface area contributed by atoms with Gasteiger partial charge < -0.3 is 10.0 Å². The molecule has 0 saturated heterocycles. The summed E-state index contributed by atoms with van der Waals surface area (Å²) in [5, 5.41) is 9.06. The number of carboxylic acid groups (broad SMARTS) is 1. The number of rotatable bonds is 3. The van der Waals surface area contributed by atoms with E-state index in [2.05, 4.69) is 25.9 Å². The van der Waals surface area contributed by atoms with Crippen molar-refractivity contribution in [2.45, 2.75) is 19.4 Å². The number of likely N-dealkylation sites (N-methyl/N-ethyl adjacent to an activating group) is 1. The third kappa shape index (κ3) is 2.26. The molecule has 1 aromatic rings. The number of hydrogen-bond donors (Lipinski definition) is 1. The van der Waals surface area contributed by atoms with Gasteiger partial charge in [-0.3, -0.25) is 0 Å². The van der Waals surface area contributed by atoms with Gasteiger partial charge in [-0.15, -0.1) is 0 Å². The molecule has 1 N–H and O–H groups in total. The molecule has 6 heteroatoms. The Morgan fingerprint density at radius 1 is 1.60 bits per heavy atom. The molecule has 1 aromatic heterocycles. The van der Waals surface area contributed by atoms with Crippen molar-refractivity contribution in [1.29, 1.82) is 0 Å². The van der Waals surface area contributed by atoms with Crippen LogP contribution in [0.2, 0.25) is 0 Å². The van der Waals surface area contributed by atoms with Gasteiger partial charge in [0, 0.05) is 13.2 Å². The van der Waals surface area contributed by atoms with Gasteiger partial charge in [0.05, 0.1) is 4.47 Å². The highest BCUT2D eigenvalue weighted by Gasteiger charge is 2.33. The Bertz CT molecular complexity index is 381. The van der Waals surface area contributed by atoms with Crippen LogP contribution in [-0.2, 0) is 4.79 Å². The molecular weight excluding hydrogens is 262 g/mol. The number of anilines is 1. The summed E-state index contributed by atoms with van der Waals surface area (Å²) in [4.78, 5) is 20.5. The van der Waals surface area contributed by atoms with Crippen molar-refractivity contribution >= 4 is 27.7 Å². The molecule has 1 rings (SSSR count). The van der Waals surface area contributed by atoms with Crippen LogP contribution in [0.4, 0.5) is 5.82 Å². The minimum Gasteiger partial charge on any atom is -0.480 e. The normalized spacial score (nSPS) is 11.2. The van der Waals surface area contributed by atoms with Gasteiger partial charge in [-0.05, 0) is 29.8 Å². The Morgan fingerprint density at radius 2 is 2.20 bits per heavy atom. The molecule has 0 spiro atoms. The lowest BCUT2D eigenvalue weighted by molar-refractivity contribution is -0.142. The van der Waals surface area contributed by atoms with Crippen LogP contribution in [-0.4, -0.2) is 33.6 Å². The van der Waals surface area contributed by atoms with Gasteiger partial charge in [-0.1, -0.05) is 0 Å². The van der Waals surface area contributed by atoms with Gasteiger partial charge >= 0.3 is 5.97 Å². The fourth-order valence-corrected chi connectivity index (χ4v) is 1.45. The Morgan fingerprint density at radius 3 is 2.67 bits per heavy atom. The highest BCUT2D eigenvalue weighted by atomic mass is 79.9. The summed E-state index contributed by atoms with van der Waals surface area (Å²) >= 11 is 3.28. The van der Waals surface area contributed by atoms with E-state index in [-0.39, 0.29) is 0 Å². The fraction of sp³-hybridized carbons (Fsp3) is 0.444. The minimum absolute atomic E-state index is 0.553. The molecule has 0 unspecified atom stereocenters. The molecule has 1 heterocycles. The summed E-state index contributed by atoms with van der Waals surface area (Å²) in [5.74, 6) is -0.354. The molecule has 0 saturated carbocycles. The summed E-state index contributed by atoms with van der Waals surface area (Å²) in [7, 11) is 1.68. The second-order valence-electron chi connectivity index (χ2n) is 3.62. The third-order valence-electron chi connectivity index (χ3n) is 2.33. The maximum absolute atomic E-state index is 11.0. The van der Waals surface area contributed by atoms with Gasteiger partial charge in [0.25, 0.3) is 0 Å². The van der Waals surface area contributed by atoms with Crippen molar-refractivity contribution in [2.24, 2.45) is 0 Å². The Balaban J connectivity index is 3.10. The topological polar surface area (TPSA) is 66.3 Å². The lowest BCUT2D eigenvalue weighted by Crippen LogP contribution is -2.48. The zero-order chi connectivity index (χ0) is 11.6. The summed E-state index contributed by atoms with van der Waals surface area (Å²) in [6.07, 6.45) is 2.96. The Hall–Kier alpha value is -1.17. The van der Waals surface area contributed by atoms with Crippen LogP contribution < -0.4 is 4.90 Å². The first-order valence-corrected chi connectivity index (χ1v) is 5.09. The van der Waals surface area contributed by atoms with Gasteiger partial charge in [-0.2, -0.15) is 0 Å². The molecule has 0 aliphatic heterocycles. The zero-order valence-corrected chi connectivity index (χ0v) is 10.3. The van der Waals surface area contributed by atoms with Crippen LogP contribution in [0.15, 0.2) is 17.0 Å². The maximum Gasteiger partial charge on any atom is 0.328 e. The molecule has 0 aliphatic rings. The quantitative estimate of drug-likeness (QED) is 0.905. The van der Waals surface area contributed by atoms with Crippen LogP contribution in [0.25, 0.3) is 0 Å². The van der Waals surface area contributed by atoms with Crippen LogP contribution in [0.3, 0.4) is 0 Å². The van der Waals surface area contributed by atoms with Gasteiger partial charge in [0.2, 0.25) is 0 Å². The standard InChI is InChI=1S/C9H12BrN3O2/c1-9(2,8(14)15)13(3)7-6(10)4-11-5-12-7/h4-5H,1-3H3,(H,14,15). The van der Waals surface area contributed by atoms with E-state index in [0.29, 0.717) is 10.3 Å². The Kier molecular flexibility index (Phi) is 3.28. The first-order chi connectivity index (χ1) is 6.87. The van der Waals surface area contributed by atoms with Gasteiger partial charge in [0.1, 0.15) is 17.7 Å². The van der Waals surface area contributed by atoms with Crippen molar-refractivity contribution < 1.29 is 9.90 Å². The molecule has 0 aromatic carbocycles. The van der Waals surface area contributed by atoms with Crippen molar-refractivity contribution in [2.75, 3.05) is 11.9 Å². The smallest absolute Gasteiger partial charge is 0.328 e. The molecular formula is C9H12BrN3O2. The highest BCUT2D eigenvalue weighted by molar-refractivity contribution is 9.10. The average Bonchev–Trinajstić information content (AvgIpc) is 2.17. The van der Waals surface area contributed by atoms with Crippen molar-refractivity contribution in [3.8, 4) is 0 Å². The van der Waals surface area contributed by atoms with E-state index in [0.717, 1.165) is 0 Å². The molecule has 82 valence electrons.